The third kappa shape index (κ3) is 3.05. The van der Waals surface area contributed by atoms with E-state index in [4.69, 9.17) is 15.9 Å². The molecule has 0 bridgehead atoms. The number of anilines is 1. The molecular formula is C14H20N2O3. The van der Waals surface area contributed by atoms with Gasteiger partial charge >= 0.3 is 0 Å². The van der Waals surface area contributed by atoms with E-state index >= 15 is 0 Å². The fourth-order valence-corrected chi connectivity index (χ4v) is 2.51. The first-order valence-corrected chi connectivity index (χ1v) is 6.55. The molecule has 0 saturated carbocycles. The molecule has 1 fully saturated rings. The van der Waals surface area contributed by atoms with Crippen molar-refractivity contribution in [3.05, 3.63) is 29.3 Å². The minimum absolute atomic E-state index is 0.104. The average Bonchev–Trinajstić information content (AvgIpc) is 2.46. The minimum Gasteiger partial charge on any atom is -0.396 e. The van der Waals surface area contributed by atoms with Crippen LogP contribution in [-0.2, 0) is 6.61 Å². The Kier molecular flexibility index (Phi) is 4.39. The van der Waals surface area contributed by atoms with E-state index in [0.29, 0.717) is 17.0 Å². The van der Waals surface area contributed by atoms with Crippen molar-refractivity contribution >= 4 is 11.6 Å². The summed E-state index contributed by atoms with van der Waals surface area (Å²) in [5.74, 6) is -0.125. The second kappa shape index (κ2) is 6.04. The highest BCUT2D eigenvalue weighted by molar-refractivity contribution is 5.98. The van der Waals surface area contributed by atoms with E-state index in [2.05, 4.69) is 4.90 Å². The number of nitrogens with zero attached hydrogens (tertiary/aromatic N) is 1. The highest BCUT2D eigenvalue weighted by Gasteiger charge is 2.21. The van der Waals surface area contributed by atoms with Crippen molar-refractivity contribution in [2.45, 2.75) is 19.4 Å². The van der Waals surface area contributed by atoms with Crippen LogP contribution in [0.25, 0.3) is 0 Å². The Morgan fingerprint density at radius 1 is 1.32 bits per heavy atom. The number of carbonyl (C=O) groups excluding carboxylic acids is 1. The van der Waals surface area contributed by atoms with Crippen molar-refractivity contribution in [3.8, 4) is 0 Å². The van der Waals surface area contributed by atoms with Gasteiger partial charge in [0.1, 0.15) is 0 Å². The molecule has 1 heterocycles. The van der Waals surface area contributed by atoms with Gasteiger partial charge in [-0.15, -0.1) is 0 Å². The molecule has 1 aromatic rings. The summed E-state index contributed by atoms with van der Waals surface area (Å²) in [7, 11) is 0. The first kappa shape index (κ1) is 13.8. The Bertz CT molecular complexity index is 454. The Morgan fingerprint density at radius 2 is 2.00 bits per heavy atom. The molecule has 1 aliphatic rings. The van der Waals surface area contributed by atoms with Gasteiger partial charge in [-0.1, -0.05) is 6.07 Å². The summed E-state index contributed by atoms with van der Waals surface area (Å²) >= 11 is 0. The zero-order chi connectivity index (χ0) is 13.8. The molecule has 104 valence electrons. The molecule has 0 atom stereocenters. The third-order valence-corrected chi connectivity index (χ3v) is 3.72. The number of benzene rings is 1. The fourth-order valence-electron chi connectivity index (χ4n) is 2.51. The summed E-state index contributed by atoms with van der Waals surface area (Å²) in [6, 6.07) is 5.29. The molecule has 1 aromatic carbocycles. The number of aliphatic hydroxyl groups excluding tert-OH is 2. The van der Waals surface area contributed by atoms with Crippen molar-refractivity contribution in [2.75, 3.05) is 24.6 Å². The van der Waals surface area contributed by atoms with E-state index in [-0.39, 0.29) is 13.2 Å². The number of amides is 1. The van der Waals surface area contributed by atoms with Crippen molar-refractivity contribution in [2.24, 2.45) is 11.7 Å². The first-order valence-electron chi connectivity index (χ1n) is 6.55. The molecule has 0 spiro atoms. The normalized spacial score (nSPS) is 16.6. The molecule has 1 aliphatic heterocycles. The average molecular weight is 264 g/mol. The molecule has 0 unspecified atom stereocenters. The van der Waals surface area contributed by atoms with Crippen LogP contribution in [0.4, 0.5) is 5.69 Å². The lowest BCUT2D eigenvalue weighted by atomic mass is 9.96. The van der Waals surface area contributed by atoms with Gasteiger partial charge in [-0.05, 0) is 36.5 Å². The lowest BCUT2D eigenvalue weighted by Gasteiger charge is -2.33. The largest absolute Gasteiger partial charge is 0.396 e. The molecule has 0 aromatic heterocycles. The maximum absolute atomic E-state index is 11.5. The van der Waals surface area contributed by atoms with Gasteiger partial charge in [0.2, 0.25) is 0 Å². The van der Waals surface area contributed by atoms with Gasteiger partial charge in [0, 0.05) is 25.4 Å². The number of carbonyl (C=O) groups is 1. The zero-order valence-electron chi connectivity index (χ0n) is 10.9. The monoisotopic (exact) mass is 264 g/mol. The summed E-state index contributed by atoms with van der Waals surface area (Å²) in [6.07, 6.45) is 1.83. The summed E-state index contributed by atoms with van der Waals surface area (Å²) < 4.78 is 0. The van der Waals surface area contributed by atoms with E-state index in [0.717, 1.165) is 31.6 Å². The quantitative estimate of drug-likeness (QED) is 0.738. The smallest absolute Gasteiger partial charge is 0.250 e. The molecule has 5 heteroatoms. The fraction of sp³-hybridized carbons (Fsp3) is 0.500. The Hall–Kier alpha value is -1.59. The summed E-state index contributed by atoms with van der Waals surface area (Å²) in [5.41, 5.74) is 7.37. The number of piperidine rings is 1. The van der Waals surface area contributed by atoms with E-state index in [1.165, 1.54) is 0 Å². The van der Waals surface area contributed by atoms with Crippen LogP contribution < -0.4 is 10.6 Å². The van der Waals surface area contributed by atoms with Gasteiger partial charge in [0.15, 0.2) is 0 Å². The Morgan fingerprint density at radius 3 is 2.53 bits per heavy atom. The summed E-state index contributed by atoms with van der Waals surface area (Å²) in [5, 5.41) is 18.3. The van der Waals surface area contributed by atoms with Gasteiger partial charge in [0.25, 0.3) is 5.91 Å². The van der Waals surface area contributed by atoms with Crippen molar-refractivity contribution in [3.63, 3.8) is 0 Å². The Labute approximate surface area is 112 Å². The number of nitrogens with two attached hydrogens (primary N) is 1. The topological polar surface area (TPSA) is 86.8 Å². The van der Waals surface area contributed by atoms with Crippen LogP contribution in [-0.4, -0.2) is 35.8 Å². The molecule has 4 N–H and O–H groups in total. The lowest BCUT2D eigenvalue weighted by Crippen LogP contribution is -2.36. The first-order chi connectivity index (χ1) is 9.15. The maximum Gasteiger partial charge on any atom is 0.250 e. The van der Waals surface area contributed by atoms with Crippen molar-refractivity contribution < 1.29 is 15.0 Å². The van der Waals surface area contributed by atoms with Crippen molar-refractivity contribution in [1.82, 2.24) is 0 Å². The SMILES string of the molecule is NC(=O)c1cc(CO)ccc1N1CCC(CO)CC1. The van der Waals surface area contributed by atoms with Gasteiger partial charge < -0.3 is 20.8 Å². The lowest BCUT2D eigenvalue weighted by molar-refractivity contribution is 0.100. The number of hydrogen-bond acceptors (Lipinski definition) is 4. The van der Waals surface area contributed by atoms with Gasteiger partial charge in [-0.3, -0.25) is 4.79 Å². The molecule has 1 saturated heterocycles. The maximum atomic E-state index is 11.5. The van der Waals surface area contributed by atoms with E-state index in [1.54, 1.807) is 12.1 Å². The highest BCUT2D eigenvalue weighted by Crippen LogP contribution is 2.27. The van der Waals surface area contributed by atoms with Crippen LogP contribution in [0.15, 0.2) is 18.2 Å². The standard InChI is InChI=1S/C14H20N2O3/c15-14(19)12-7-11(9-18)1-2-13(12)16-5-3-10(8-17)4-6-16/h1-2,7,10,17-18H,3-6,8-9H2,(H2,15,19). The molecular weight excluding hydrogens is 244 g/mol. The van der Waals surface area contributed by atoms with Crippen molar-refractivity contribution in [1.29, 1.82) is 0 Å². The van der Waals surface area contributed by atoms with E-state index < -0.39 is 5.91 Å². The van der Waals surface area contributed by atoms with Crippen LogP contribution in [0, 0.1) is 5.92 Å². The number of hydrogen-bond donors (Lipinski definition) is 3. The molecule has 0 radical (unpaired) electrons. The highest BCUT2D eigenvalue weighted by atomic mass is 16.3. The minimum atomic E-state index is -0.477. The second-order valence-corrected chi connectivity index (χ2v) is 4.99. The Balaban J connectivity index is 2.22. The van der Waals surface area contributed by atoms with Crippen LogP contribution >= 0.6 is 0 Å². The number of primary amides is 1. The van der Waals surface area contributed by atoms with Gasteiger partial charge in [-0.25, -0.2) is 0 Å². The van der Waals surface area contributed by atoms with Crippen LogP contribution in [0.3, 0.4) is 0 Å². The number of rotatable bonds is 4. The van der Waals surface area contributed by atoms with E-state index in [1.807, 2.05) is 6.07 Å². The van der Waals surface area contributed by atoms with Gasteiger partial charge in [-0.2, -0.15) is 0 Å². The molecule has 19 heavy (non-hydrogen) atoms. The predicted molar refractivity (Wildman–Crippen MR) is 72.9 cm³/mol. The number of aliphatic hydroxyl groups is 2. The third-order valence-electron chi connectivity index (χ3n) is 3.72. The second-order valence-electron chi connectivity index (χ2n) is 4.99. The summed E-state index contributed by atoms with van der Waals surface area (Å²) in [6.45, 7) is 1.74. The predicted octanol–water partition coefficient (Wildman–Crippen LogP) is 0.486. The zero-order valence-corrected chi connectivity index (χ0v) is 10.9. The molecule has 0 aliphatic carbocycles. The molecule has 2 rings (SSSR count). The summed E-state index contributed by atoms with van der Waals surface area (Å²) in [4.78, 5) is 13.6. The van der Waals surface area contributed by atoms with E-state index in [9.17, 15) is 4.79 Å². The molecule has 1 amide bonds. The van der Waals surface area contributed by atoms with Crippen LogP contribution in [0.5, 0.6) is 0 Å². The van der Waals surface area contributed by atoms with Crippen LogP contribution in [0.1, 0.15) is 28.8 Å². The van der Waals surface area contributed by atoms with Gasteiger partial charge in [0.05, 0.1) is 12.2 Å². The van der Waals surface area contributed by atoms with Crippen LogP contribution in [0.2, 0.25) is 0 Å². The molecule has 5 nitrogen and oxygen atoms in total.